The van der Waals surface area contributed by atoms with Gasteiger partial charge in [-0.2, -0.15) is 13.2 Å². The van der Waals surface area contributed by atoms with E-state index in [-0.39, 0.29) is 5.75 Å². The van der Waals surface area contributed by atoms with E-state index in [1.165, 1.54) is 12.1 Å². The number of hydrogen-bond acceptors (Lipinski definition) is 4. The molecule has 2 aromatic rings. The maximum atomic E-state index is 12.2. The number of halogens is 3. The van der Waals surface area contributed by atoms with E-state index in [9.17, 15) is 13.2 Å². The molecule has 0 radical (unpaired) electrons. The fourth-order valence-corrected chi connectivity index (χ4v) is 2.55. The maximum Gasteiger partial charge on any atom is 0.422 e. The largest absolute Gasteiger partial charge is 0.492 e. The Morgan fingerprint density at radius 2 is 1.61 bits per heavy atom. The summed E-state index contributed by atoms with van der Waals surface area (Å²) < 4.78 is 47.1. The average molecular weight is 438 g/mol. The molecule has 0 heterocycles. The zero-order valence-corrected chi connectivity index (χ0v) is 18.0. The molecule has 2 aromatic carbocycles. The van der Waals surface area contributed by atoms with Crippen molar-refractivity contribution in [1.82, 2.24) is 15.5 Å². The number of nitrogens with zero attached hydrogens (tertiary/aromatic N) is 2. The second-order valence-electron chi connectivity index (χ2n) is 7.13. The summed E-state index contributed by atoms with van der Waals surface area (Å²) in [5.41, 5.74) is 1.94. The Labute approximate surface area is 181 Å². The Morgan fingerprint density at radius 1 is 0.935 bits per heavy atom. The lowest BCUT2D eigenvalue weighted by Gasteiger charge is -2.14. The van der Waals surface area contributed by atoms with Gasteiger partial charge in [0, 0.05) is 26.7 Å². The van der Waals surface area contributed by atoms with E-state index in [0.29, 0.717) is 25.7 Å². The number of hydrogen-bond donors (Lipinski definition) is 2. The van der Waals surface area contributed by atoms with E-state index < -0.39 is 12.8 Å². The van der Waals surface area contributed by atoms with Crippen molar-refractivity contribution in [3.05, 3.63) is 59.7 Å². The van der Waals surface area contributed by atoms with Crippen LogP contribution in [0.4, 0.5) is 13.2 Å². The second kappa shape index (κ2) is 12.0. The standard InChI is InChI=1S/C22H29F3N4O2/c1-26-21(27-14-17-7-9-19(10-8-17)31-16-22(23,24)25)28-15-18-5-4-6-20(13-18)30-12-11-29(2)3/h4-10,13H,11-12,14-16H2,1-3H3,(H2,26,27,28). The predicted molar refractivity (Wildman–Crippen MR) is 116 cm³/mol. The molecule has 31 heavy (non-hydrogen) atoms. The van der Waals surface area contributed by atoms with E-state index >= 15 is 0 Å². The number of ether oxygens (including phenoxy) is 2. The molecule has 2 N–H and O–H groups in total. The molecule has 0 bridgehead atoms. The van der Waals surface area contributed by atoms with Crippen LogP contribution < -0.4 is 20.1 Å². The monoisotopic (exact) mass is 438 g/mol. The van der Waals surface area contributed by atoms with Crippen molar-refractivity contribution in [3.8, 4) is 11.5 Å². The zero-order valence-electron chi connectivity index (χ0n) is 18.0. The van der Waals surface area contributed by atoms with Crippen LogP contribution in [0.3, 0.4) is 0 Å². The molecule has 0 amide bonds. The van der Waals surface area contributed by atoms with Gasteiger partial charge in [0.25, 0.3) is 0 Å². The number of aliphatic imine (C=N–C) groups is 1. The van der Waals surface area contributed by atoms with E-state index in [2.05, 4.69) is 20.5 Å². The van der Waals surface area contributed by atoms with Crippen molar-refractivity contribution in [2.75, 3.05) is 40.9 Å². The first kappa shape index (κ1) is 24.3. The highest BCUT2D eigenvalue weighted by atomic mass is 19.4. The molecule has 9 heteroatoms. The normalized spacial score (nSPS) is 12.0. The minimum atomic E-state index is -4.35. The van der Waals surface area contributed by atoms with Crippen LogP contribution in [0.25, 0.3) is 0 Å². The Hall–Kier alpha value is -2.94. The molecule has 2 rings (SSSR count). The highest BCUT2D eigenvalue weighted by Crippen LogP contribution is 2.19. The summed E-state index contributed by atoms with van der Waals surface area (Å²) in [6.45, 7) is 1.19. The molecule has 170 valence electrons. The Balaban J connectivity index is 1.78. The van der Waals surface area contributed by atoms with Gasteiger partial charge in [-0.3, -0.25) is 4.99 Å². The van der Waals surface area contributed by atoms with E-state index in [4.69, 9.17) is 9.47 Å². The highest BCUT2D eigenvalue weighted by Gasteiger charge is 2.28. The molecule has 0 aromatic heterocycles. The molecule has 6 nitrogen and oxygen atoms in total. The van der Waals surface area contributed by atoms with Crippen molar-refractivity contribution in [1.29, 1.82) is 0 Å². The van der Waals surface area contributed by atoms with Crippen molar-refractivity contribution < 1.29 is 22.6 Å². The van der Waals surface area contributed by atoms with Gasteiger partial charge in [0.1, 0.15) is 18.1 Å². The summed E-state index contributed by atoms with van der Waals surface area (Å²) in [5.74, 6) is 1.60. The quantitative estimate of drug-likeness (QED) is 0.440. The van der Waals surface area contributed by atoms with Gasteiger partial charge in [0.05, 0.1) is 0 Å². The molecule has 0 aliphatic carbocycles. The lowest BCUT2D eigenvalue weighted by Crippen LogP contribution is -2.36. The van der Waals surface area contributed by atoms with Crippen molar-refractivity contribution in [2.24, 2.45) is 4.99 Å². The molecule has 0 saturated heterocycles. The summed E-state index contributed by atoms with van der Waals surface area (Å²) >= 11 is 0. The van der Waals surface area contributed by atoms with Crippen molar-refractivity contribution >= 4 is 5.96 Å². The van der Waals surface area contributed by atoms with Gasteiger partial charge in [-0.25, -0.2) is 0 Å². The Morgan fingerprint density at radius 3 is 2.23 bits per heavy atom. The van der Waals surface area contributed by atoms with E-state index in [1.54, 1.807) is 19.2 Å². The fraction of sp³-hybridized carbons (Fsp3) is 0.409. The van der Waals surface area contributed by atoms with Gasteiger partial charge in [0.15, 0.2) is 12.6 Å². The Bertz CT molecular complexity index is 824. The molecular weight excluding hydrogens is 409 g/mol. The Kier molecular flexibility index (Phi) is 9.45. The summed E-state index contributed by atoms with van der Waals surface area (Å²) in [5, 5.41) is 6.41. The third-order valence-corrected chi connectivity index (χ3v) is 4.18. The van der Waals surface area contributed by atoms with E-state index in [1.807, 2.05) is 38.4 Å². The second-order valence-corrected chi connectivity index (χ2v) is 7.13. The lowest BCUT2D eigenvalue weighted by atomic mass is 10.2. The van der Waals surface area contributed by atoms with Gasteiger partial charge in [-0.05, 0) is 49.5 Å². The summed E-state index contributed by atoms with van der Waals surface area (Å²) in [7, 11) is 5.67. The summed E-state index contributed by atoms with van der Waals surface area (Å²) in [4.78, 5) is 6.25. The van der Waals surface area contributed by atoms with Crippen LogP contribution in [0.2, 0.25) is 0 Å². The molecule has 0 aliphatic heterocycles. The minimum Gasteiger partial charge on any atom is -0.492 e. The van der Waals surface area contributed by atoms with Crippen molar-refractivity contribution in [2.45, 2.75) is 19.3 Å². The summed E-state index contributed by atoms with van der Waals surface area (Å²) in [6.07, 6.45) is -4.35. The topological polar surface area (TPSA) is 58.1 Å². The smallest absolute Gasteiger partial charge is 0.422 e. The van der Waals surface area contributed by atoms with Gasteiger partial charge in [-0.1, -0.05) is 24.3 Å². The van der Waals surface area contributed by atoms with Crippen LogP contribution in [-0.4, -0.2) is 57.9 Å². The maximum absolute atomic E-state index is 12.2. The van der Waals surface area contributed by atoms with Gasteiger partial charge in [-0.15, -0.1) is 0 Å². The number of nitrogens with one attached hydrogen (secondary N) is 2. The fourth-order valence-electron chi connectivity index (χ4n) is 2.55. The molecular formula is C22H29F3N4O2. The van der Waals surface area contributed by atoms with Crippen LogP contribution in [0.1, 0.15) is 11.1 Å². The molecule has 0 fully saturated rings. The van der Waals surface area contributed by atoms with Crippen LogP contribution in [0.5, 0.6) is 11.5 Å². The third-order valence-electron chi connectivity index (χ3n) is 4.18. The third kappa shape index (κ3) is 10.1. The highest BCUT2D eigenvalue weighted by molar-refractivity contribution is 5.79. The first-order valence-electron chi connectivity index (χ1n) is 9.84. The SMILES string of the molecule is CN=C(NCc1ccc(OCC(F)(F)F)cc1)NCc1cccc(OCCN(C)C)c1. The zero-order chi connectivity index (χ0) is 22.7. The van der Waals surface area contributed by atoms with Crippen molar-refractivity contribution in [3.63, 3.8) is 0 Å². The number of likely N-dealkylation sites (N-methyl/N-ethyl adjacent to an activating group) is 1. The lowest BCUT2D eigenvalue weighted by molar-refractivity contribution is -0.153. The minimum absolute atomic E-state index is 0.177. The summed E-state index contributed by atoms with van der Waals surface area (Å²) in [6, 6.07) is 14.3. The molecule has 0 spiro atoms. The molecule has 0 atom stereocenters. The number of alkyl halides is 3. The molecule has 0 saturated carbocycles. The van der Waals surface area contributed by atoms with Gasteiger partial charge >= 0.3 is 6.18 Å². The number of rotatable bonds is 10. The number of guanidine groups is 1. The first-order chi connectivity index (χ1) is 14.7. The number of benzene rings is 2. The van der Waals surface area contributed by atoms with Gasteiger partial charge in [0.2, 0.25) is 0 Å². The van der Waals surface area contributed by atoms with Crippen LogP contribution in [0, 0.1) is 0 Å². The van der Waals surface area contributed by atoms with Gasteiger partial charge < -0.3 is 25.0 Å². The average Bonchev–Trinajstić information content (AvgIpc) is 2.73. The predicted octanol–water partition coefficient (Wildman–Crippen LogP) is 3.43. The van der Waals surface area contributed by atoms with Crippen LogP contribution >= 0.6 is 0 Å². The first-order valence-corrected chi connectivity index (χ1v) is 9.84. The molecule has 0 aliphatic rings. The van der Waals surface area contributed by atoms with E-state index in [0.717, 1.165) is 23.4 Å². The van der Waals surface area contributed by atoms with Crippen LogP contribution in [0.15, 0.2) is 53.5 Å². The molecule has 0 unspecified atom stereocenters. The van der Waals surface area contributed by atoms with Crippen LogP contribution in [-0.2, 0) is 13.1 Å².